The van der Waals surface area contributed by atoms with Crippen molar-refractivity contribution in [3.8, 4) is 0 Å². The maximum absolute atomic E-state index is 14.3. The van der Waals surface area contributed by atoms with Crippen molar-refractivity contribution in [2.45, 2.75) is 0 Å². The number of para-hydroxylation sites is 1. The molecule has 3 aromatic rings. The van der Waals surface area contributed by atoms with Crippen LogP contribution < -0.4 is 21.3 Å². The number of hydrogen-bond donors (Lipinski definition) is 3. The van der Waals surface area contributed by atoms with Gasteiger partial charge in [0.25, 0.3) is 0 Å². The third-order valence-electron chi connectivity index (χ3n) is 4.15. The molecule has 0 aliphatic rings. The average Bonchev–Trinajstić information content (AvgIpc) is 2.72. The second-order valence-electron chi connectivity index (χ2n) is 6.90. The summed E-state index contributed by atoms with van der Waals surface area (Å²) in [5.74, 6) is -2.00. The Kier molecular flexibility index (Phi) is 6.46. The van der Waals surface area contributed by atoms with Crippen LogP contribution in [0.3, 0.4) is 0 Å². The number of aromatic nitrogens is 2. The summed E-state index contributed by atoms with van der Waals surface area (Å²) in [6.45, 7) is 6.56. The molecule has 0 radical (unpaired) electrons. The summed E-state index contributed by atoms with van der Waals surface area (Å²) in [7, 11) is -2.62. The SMILES string of the molecule is C=CC(=O)Nc1cc(Nc2ncc(F)c(Nc3ccccc3P(C)(C)=O)n2)ccc1F. The second kappa shape index (κ2) is 9.06. The molecule has 0 atom stereocenters. The molecule has 0 saturated heterocycles. The van der Waals surface area contributed by atoms with Crippen LogP contribution >= 0.6 is 7.14 Å². The monoisotopic (exact) mass is 443 g/mol. The molecule has 10 heteroatoms. The van der Waals surface area contributed by atoms with Crippen molar-refractivity contribution in [2.24, 2.45) is 0 Å². The Balaban J connectivity index is 1.88. The molecule has 0 aliphatic carbocycles. The Morgan fingerprint density at radius 1 is 1.06 bits per heavy atom. The minimum absolute atomic E-state index is 0.0326. The predicted molar refractivity (Wildman–Crippen MR) is 119 cm³/mol. The lowest BCUT2D eigenvalue weighted by Gasteiger charge is -2.15. The normalized spacial score (nSPS) is 11.0. The first kappa shape index (κ1) is 22.1. The third-order valence-corrected chi connectivity index (χ3v) is 5.70. The van der Waals surface area contributed by atoms with Crippen LogP contribution in [0.5, 0.6) is 0 Å². The van der Waals surface area contributed by atoms with Gasteiger partial charge < -0.3 is 20.5 Å². The fourth-order valence-corrected chi connectivity index (χ4v) is 3.86. The molecule has 1 aromatic heterocycles. The molecule has 0 saturated carbocycles. The van der Waals surface area contributed by atoms with Gasteiger partial charge in [0.1, 0.15) is 13.0 Å². The minimum atomic E-state index is -2.62. The van der Waals surface area contributed by atoms with Gasteiger partial charge in [0.05, 0.1) is 17.6 Å². The van der Waals surface area contributed by atoms with Gasteiger partial charge in [0, 0.05) is 11.0 Å². The highest BCUT2D eigenvalue weighted by Crippen LogP contribution is 2.38. The smallest absolute Gasteiger partial charge is 0.247 e. The molecule has 0 spiro atoms. The Morgan fingerprint density at radius 3 is 2.52 bits per heavy atom. The summed E-state index contributed by atoms with van der Waals surface area (Å²) in [6.07, 6.45) is 1.99. The second-order valence-corrected chi connectivity index (χ2v) is 10.1. The number of halogens is 2. The molecule has 31 heavy (non-hydrogen) atoms. The van der Waals surface area contributed by atoms with E-state index in [0.717, 1.165) is 18.3 Å². The van der Waals surface area contributed by atoms with E-state index in [9.17, 15) is 18.1 Å². The van der Waals surface area contributed by atoms with Crippen LogP contribution in [-0.4, -0.2) is 29.2 Å². The molecule has 2 aromatic carbocycles. The molecule has 3 N–H and O–H groups in total. The zero-order valence-corrected chi connectivity index (χ0v) is 17.7. The van der Waals surface area contributed by atoms with Gasteiger partial charge in [-0.2, -0.15) is 4.98 Å². The first-order chi connectivity index (χ1) is 14.7. The van der Waals surface area contributed by atoms with Gasteiger partial charge in [-0.15, -0.1) is 0 Å². The quantitative estimate of drug-likeness (QED) is 0.365. The number of nitrogens with one attached hydrogen (secondary N) is 3. The molecular formula is C21H20F2N5O2P. The van der Waals surface area contributed by atoms with Gasteiger partial charge in [-0.05, 0) is 49.7 Å². The van der Waals surface area contributed by atoms with Gasteiger partial charge in [-0.3, -0.25) is 4.79 Å². The van der Waals surface area contributed by atoms with E-state index < -0.39 is 24.7 Å². The van der Waals surface area contributed by atoms with Crippen LogP contribution in [0.25, 0.3) is 0 Å². The molecular weight excluding hydrogens is 423 g/mol. The van der Waals surface area contributed by atoms with Crippen LogP contribution in [0.2, 0.25) is 0 Å². The van der Waals surface area contributed by atoms with Gasteiger partial charge in [0.15, 0.2) is 11.6 Å². The summed E-state index contributed by atoms with van der Waals surface area (Å²) in [4.78, 5) is 19.5. The van der Waals surface area contributed by atoms with Crippen molar-refractivity contribution in [2.75, 3.05) is 29.3 Å². The molecule has 0 unspecified atom stereocenters. The highest BCUT2D eigenvalue weighted by atomic mass is 31.2. The standard InChI is InChI=1S/C21H20F2N5O2P/c1-4-19(29)26-17-11-13(9-10-14(17)22)25-21-24-12-15(23)20(28-21)27-16-7-5-6-8-18(16)31(2,3)30/h4-12H,1H2,2-3H3,(H,26,29)(H2,24,25,27,28). The lowest BCUT2D eigenvalue weighted by molar-refractivity contribution is -0.111. The van der Waals surface area contributed by atoms with Crippen molar-refractivity contribution in [3.63, 3.8) is 0 Å². The average molecular weight is 443 g/mol. The van der Waals surface area contributed by atoms with Crippen molar-refractivity contribution in [1.29, 1.82) is 0 Å². The molecule has 1 amide bonds. The van der Waals surface area contributed by atoms with E-state index in [1.54, 1.807) is 37.6 Å². The van der Waals surface area contributed by atoms with Gasteiger partial charge in [-0.25, -0.2) is 13.8 Å². The van der Waals surface area contributed by atoms with Gasteiger partial charge in [0.2, 0.25) is 11.9 Å². The Labute approximate surface area is 178 Å². The van der Waals surface area contributed by atoms with E-state index in [4.69, 9.17) is 0 Å². The van der Waals surface area contributed by atoms with Crippen LogP contribution in [-0.2, 0) is 9.36 Å². The summed E-state index contributed by atoms with van der Waals surface area (Å²) in [6, 6.07) is 10.8. The molecule has 0 aliphatic heterocycles. The number of nitrogens with zero attached hydrogens (tertiary/aromatic N) is 2. The summed E-state index contributed by atoms with van der Waals surface area (Å²) < 4.78 is 40.8. The van der Waals surface area contributed by atoms with Crippen molar-refractivity contribution >= 4 is 47.2 Å². The highest BCUT2D eigenvalue weighted by Gasteiger charge is 2.17. The van der Waals surface area contributed by atoms with Crippen LogP contribution in [0.15, 0.2) is 61.3 Å². The van der Waals surface area contributed by atoms with E-state index in [2.05, 4.69) is 32.5 Å². The topological polar surface area (TPSA) is 96.0 Å². The van der Waals surface area contributed by atoms with E-state index in [-0.39, 0.29) is 17.5 Å². The minimum Gasteiger partial charge on any atom is -0.337 e. The maximum atomic E-state index is 14.3. The first-order valence-corrected chi connectivity index (χ1v) is 11.7. The summed E-state index contributed by atoms with van der Waals surface area (Å²) in [5.41, 5.74) is 0.770. The molecule has 0 bridgehead atoms. The zero-order chi connectivity index (χ0) is 22.6. The molecule has 1 heterocycles. The predicted octanol–water partition coefficient (Wildman–Crippen LogP) is 4.61. The number of benzene rings is 2. The molecule has 7 nitrogen and oxygen atoms in total. The largest absolute Gasteiger partial charge is 0.337 e. The number of anilines is 5. The first-order valence-electron chi connectivity index (χ1n) is 9.11. The van der Waals surface area contributed by atoms with E-state index in [1.165, 1.54) is 12.1 Å². The van der Waals surface area contributed by atoms with Crippen molar-refractivity contribution < 1.29 is 18.1 Å². The van der Waals surface area contributed by atoms with E-state index in [0.29, 0.717) is 16.7 Å². The van der Waals surface area contributed by atoms with E-state index in [1.807, 2.05) is 0 Å². The Bertz CT molecular complexity index is 1200. The number of carbonyl (C=O) groups excluding carboxylic acids is 1. The van der Waals surface area contributed by atoms with E-state index >= 15 is 0 Å². The lowest BCUT2D eigenvalue weighted by atomic mass is 10.2. The van der Waals surface area contributed by atoms with Gasteiger partial charge in [-0.1, -0.05) is 18.7 Å². The molecule has 3 rings (SSSR count). The van der Waals surface area contributed by atoms with Crippen molar-refractivity contribution in [1.82, 2.24) is 9.97 Å². The van der Waals surface area contributed by atoms with Crippen LogP contribution in [0.1, 0.15) is 0 Å². The molecule has 160 valence electrons. The Hall–Kier alpha value is -3.58. The highest BCUT2D eigenvalue weighted by molar-refractivity contribution is 7.70. The summed E-state index contributed by atoms with van der Waals surface area (Å²) in [5, 5.41) is 8.60. The number of carbonyl (C=O) groups is 1. The van der Waals surface area contributed by atoms with Gasteiger partial charge >= 0.3 is 0 Å². The fourth-order valence-electron chi connectivity index (χ4n) is 2.70. The maximum Gasteiger partial charge on any atom is 0.247 e. The fraction of sp³-hybridized carbons (Fsp3) is 0.0952. The lowest BCUT2D eigenvalue weighted by Crippen LogP contribution is -2.12. The number of amides is 1. The van der Waals surface area contributed by atoms with Crippen LogP contribution in [0, 0.1) is 11.6 Å². The molecule has 0 fully saturated rings. The van der Waals surface area contributed by atoms with Crippen LogP contribution in [0.4, 0.5) is 37.6 Å². The zero-order valence-electron chi connectivity index (χ0n) is 16.8. The van der Waals surface area contributed by atoms with Crippen molar-refractivity contribution in [3.05, 3.63) is 73.0 Å². The summed E-state index contributed by atoms with van der Waals surface area (Å²) >= 11 is 0. The number of hydrogen-bond acceptors (Lipinski definition) is 6. The third kappa shape index (κ3) is 5.52. The number of rotatable bonds is 7. The Morgan fingerprint density at radius 2 is 1.81 bits per heavy atom.